The summed E-state index contributed by atoms with van der Waals surface area (Å²) < 4.78 is 5.54. The van der Waals surface area contributed by atoms with Crippen LogP contribution in [0, 0.1) is 0 Å². The van der Waals surface area contributed by atoms with Crippen molar-refractivity contribution >= 4 is 52.3 Å². The molecule has 0 aliphatic carbocycles. The Labute approximate surface area is 136 Å². The van der Waals surface area contributed by atoms with E-state index in [1.807, 2.05) is 13.8 Å². The van der Waals surface area contributed by atoms with Crippen molar-refractivity contribution in [2.24, 2.45) is 10.2 Å². The number of hydrogen-bond acceptors (Lipinski definition) is 5. The maximum atomic E-state index is 11.0. The predicted octanol–water partition coefficient (Wildman–Crippen LogP) is 3.33. The fourth-order valence-electron chi connectivity index (χ4n) is 1.53. The van der Waals surface area contributed by atoms with E-state index in [0.29, 0.717) is 32.3 Å². The first kappa shape index (κ1) is 16.1. The molecule has 0 saturated carbocycles. The topological polar surface area (TPSA) is 63.1 Å². The molecule has 1 fully saturated rings. The minimum atomic E-state index is -0.0739. The van der Waals surface area contributed by atoms with Gasteiger partial charge in [-0.15, -0.1) is 5.10 Å². The van der Waals surface area contributed by atoms with Gasteiger partial charge in [0.15, 0.2) is 10.9 Å². The van der Waals surface area contributed by atoms with Crippen LogP contribution in [0.2, 0.25) is 10.0 Å². The highest BCUT2D eigenvalue weighted by Gasteiger charge is 2.16. The minimum Gasteiger partial charge on any atom is -0.488 e. The fourth-order valence-corrected chi connectivity index (χ4v) is 2.75. The van der Waals surface area contributed by atoms with Crippen LogP contribution in [0.1, 0.15) is 19.4 Å². The summed E-state index contributed by atoms with van der Waals surface area (Å²) in [6.45, 7) is 3.79. The molecule has 1 heterocycles. The number of halogens is 2. The molecule has 0 radical (unpaired) electrons. The van der Waals surface area contributed by atoms with Crippen molar-refractivity contribution in [2.45, 2.75) is 20.0 Å². The molecule has 0 spiro atoms. The zero-order chi connectivity index (χ0) is 15.4. The van der Waals surface area contributed by atoms with E-state index in [1.54, 1.807) is 12.1 Å². The summed E-state index contributed by atoms with van der Waals surface area (Å²) in [5, 5.41) is 11.7. The van der Waals surface area contributed by atoms with Gasteiger partial charge in [0.1, 0.15) is 0 Å². The average Bonchev–Trinajstić information content (AvgIpc) is 2.79. The van der Waals surface area contributed by atoms with Gasteiger partial charge < -0.3 is 10.1 Å². The van der Waals surface area contributed by atoms with Crippen LogP contribution in [0.4, 0.5) is 0 Å². The van der Waals surface area contributed by atoms with Gasteiger partial charge in [-0.05, 0) is 31.5 Å². The van der Waals surface area contributed by atoms with Gasteiger partial charge in [0.25, 0.3) is 0 Å². The van der Waals surface area contributed by atoms with E-state index in [-0.39, 0.29) is 12.0 Å². The van der Waals surface area contributed by atoms with Crippen molar-refractivity contribution in [1.82, 2.24) is 5.32 Å². The Bertz CT molecular complexity index is 594. The molecule has 112 valence electrons. The normalized spacial score (nSPS) is 17.0. The summed E-state index contributed by atoms with van der Waals surface area (Å²) >= 11 is 13.6. The third kappa shape index (κ3) is 4.62. The van der Waals surface area contributed by atoms with Crippen LogP contribution in [0.5, 0.6) is 5.75 Å². The zero-order valence-electron chi connectivity index (χ0n) is 11.4. The lowest BCUT2D eigenvalue weighted by Gasteiger charge is -2.13. The van der Waals surface area contributed by atoms with Gasteiger partial charge in [0.05, 0.1) is 28.1 Å². The number of nitrogens with one attached hydrogen (secondary N) is 1. The molecule has 1 N–H and O–H groups in total. The number of amides is 1. The monoisotopic (exact) mass is 345 g/mol. The summed E-state index contributed by atoms with van der Waals surface area (Å²) in [4.78, 5) is 11.0. The number of nitrogens with zero attached hydrogens (tertiary/aromatic N) is 2. The largest absolute Gasteiger partial charge is 0.488 e. The lowest BCUT2D eigenvalue weighted by atomic mass is 10.2. The smallest absolute Gasteiger partial charge is 0.236 e. The van der Waals surface area contributed by atoms with Gasteiger partial charge >= 0.3 is 0 Å². The van der Waals surface area contributed by atoms with E-state index in [1.165, 1.54) is 18.0 Å². The Morgan fingerprint density at radius 1 is 1.38 bits per heavy atom. The number of ether oxygens (including phenoxy) is 1. The van der Waals surface area contributed by atoms with E-state index in [9.17, 15) is 4.79 Å². The molecule has 2 rings (SSSR count). The Morgan fingerprint density at radius 3 is 2.57 bits per heavy atom. The summed E-state index contributed by atoms with van der Waals surface area (Å²) in [7, 11) is 0. The first-order chi connectivity index (χ1) is 9.95. The summed E-state index contributed by atoms with van der Waals surface area (Å²) in [5.74, 6) is 0.749. The molecule has 1 aromatic rings. The molecule has 1 saturated heterocycles. The van der Waals surface area contributed by atoms with Gasteiger partial charge in [-0.25, -0.2) is 0 Å². The molecule has 8 heteroatoms. The van der Waals surface area contributed by atoms with E-state index in [0.717, 1.165) is 0 Å². The molecular formula is C13H13Cl2N3O2S. The molecule has 0 unspecified atom stereocenters. The molecule has 0 atom stereocenters. The van der Waals surface area contributed by atoms with Crippen LogP contribution in [0.25, 0.3) is 0 Å². The van der Waals surface area contributed by atoms with E-state index in [2.05, 4.69) is 15.5 Å². The lowest BCUT2D eigenvalue weighted by Crippen LogP contribution is -2.19. The van der Waals surface area contributed by atoms with Gasteiger partial charge in [0, 0.05) is 0 Å². The van der Waals surface area contributed by atoms with E-state index >= 15 is 0 Å². The Balaban J connectivity index is 2.12. The zero-order valence-corrected chi connectivity index (χ0v) is 13.7. The SMILES string of the molecule is CC(C)Oc1c(Cl)cc(C=NN=C2NC(=O)CS2)cc1Cl. The highest BCUT2D eigenvalue weighted by molar-refractivity contribution is 8.15. The van der Waals surface area contributed by atoms with Crippen LogP contribution in [0.15, 0.2) is 22.3 Å². The van der Waals surface area contributed by atoms with Crippen molar-refractivity contribution in [2.75, 3.05) is 5.75 Å². The van der Waals surface area contributed by atoms with E-state index < -0.39 is 0 Å². The van der Waals surface area contributed by atoms with Gasteiger partial charge in [-0.3, -0.25) is 4.79 Å². The second-order valence-electron chi connectivity index (χ2n) is 4.47. The maximum absolute atomic E-state index is 11.0. The number of carbonyl (C=O) groups excluding carboxylic acids is 1. The van der Waals surface area contributed by atoms with Crippen molar-refractivity contribution in [3.63, 3.8) is 0 Å². The van der Waals surface area contributed by atoms with Crippen LogP contribution in [-0.4, -0.2) is 29.1 Å². The number of hydrogen-bond donors (Lipinski definition) is 1. The lowest BCUT2D eigenvalue weighted by molar-refractivity contribution is -0.116. The number of amidine groups is 1. The molecule has 1 aliphatic rings. The molecule has 0 bridgehead atoms. The van der Waals surface area contributed by atoms with Gasteiger partial charge in [-0.1, -0.05) is 35.0 Å². The standard InChI is InChI=1S/C13H13Cl2N3O2S/c1-7(2)20-12-9(14)3-8(4-10(12)15)5-16-18-13-17-11(19)6-21-13/h3-5,7H,6H2,1-2H3,(H,17,18,19). The first-order valence-electron chi connectivity index (χ1n) is 6.15. The average molecular weight is 346 g/mol. The molecule has 1 aromatic carbocycles. The Hall–Kier alpha value is -1.24. The number of benzene rings is 1. The molecule has 0 aromatic heterocycles. The fraction of sp³-hybridized carbons (Fsp3) is 0.308. The highest BCUT2D eigenvalue weighted by Crippen LogP contribution is 2.34. The molecule has 21 heavy (non-hydrogen) atoms. The molecular weight excluding hydrogens is 333 g/mol. The number of thioether (sulfide) groups is 1. The van der Waals surface area contributed by atoms with E-state index in [4.69, 9.17) is 27.9 Å². The summed E-state index contributed by atoms with van der Waals surface area (Å²) in [6.07, 6.45) is 1.49. The van der Waals surface area contributed by atoms with Crippen LogP contribution >= 0.6 is 35.0 Å². The summed E-state index contributed by atoms with van der Waals surface area (Å²) in [6, 6.07) is 3.38. The van der Waals surface area contributed by atoms with Crippen molar-refractivity contribution < 1.29 is 9.53 Å². The van der Waals surface area contributed by atoms with Crippen LogP contribution in [0.3, 0.4) is 0 Å². The third-order valence-corrected chi connectivity index (χ3v) is 3.74. The Morgan fingerprint density at radius 2 is 2.05 bits per heavy atom. The Kier molecular flexibility index (Phi) is 5.50. The number of carbonyl (C=O) groups is 1. The molecule has 1 aliphatic heterocycles. The minimum absolute atomic E-state index is 0.0195. The second kappa shape index (κ2) is 7.15. The highest BCUT2D eigenvalue weighted by atomic mass is 35.5. The van der Waals surface area contributed by atoms with Crippen molar-refractivity contribution in [1.29, 1.82) is 0 Å². The van der Waals surface area contributed by atoms with Gasteiger partial charge in [0.2, 0.25) is 5.91 Å². The predicted molar refractivity (Wildman–Crippen MR) is 87.9 cm³/mol. The first-order valence-corrected chi connectivity index (χ1v) is 7.89. The van der Waals surface area contributed by atoms with Crippen molar-refractivity contribution in [3.8, 4) is 5.75 Å². The number of rotatable bonds is 4. The maximum Gasteiger partial charge on any atom is 0.236 e. The molecule has 1 amide bonds. The third-order valence-electron chi connectivity index (χ3n) is 2.32. The van der Waals surface area contributed by atoms with Crippen LogP contribution in [-0.2, 0) is 4.79 Å². The second-order valence-corrected chi connectivity index (χ2v) is 6.25. The van der Waals surface area contributed by atoms with Gasteiger partial charge in [-0.2, -0.15) is 5.10 Å². The van der Waals surface area contributed by atoms with Crippen LogP contribution < -0.4 is 10.1 Å². The summed E-state index contributed by atoms with van der Waals surface area (Å²) in [5.41, 5.74) is 0.694. The van der Waals surface area contributed by atoms with Crippen molar-refractivity contribution in [3.05, 3.63) is 27.7 Å². The molecule has 5 nitrogen and oxygen atoms in total. The quantitative estimate of drug-likeness (QED) is 0.672.